The second-order valence-corrected chi connectivity index (χ2v) is 7.28. The summed E-state index contributed by atoms with van der Waals surface area (Å²) in [5, 5.41) is 9.87. The van der Waals surface area contributed by atoms with Gasteiger partial charge in [0.1, 0.15) is 17.1 Å². The first-order chi connectivity index (χ1) is 13.7. The van der Waals surface area contributed by atoms with Gasteiger partial charge in [0.2, 0.25) is 0 Å². The van der Waals surface area contributed by atoms with E-state index in [0.29, 0.717) is 10.8 Å². The van der Waals surface area contributed by atoms with Gasteiger partial charge in [-0.15, -0.1) is 0 Å². The van der Waals surface area contributed by atoms with Crippen molar-refractivity contribution in [3.63, 3.8) is 0 Å². The Labute approximate surface area is 172 Å². The highest BCUT2D eigenvalue weighted by Crippen LogP contribution is 2.44. The molecule has 2 unspecified atom stereocenters. The summed E-state index contributed by atoms with van der Waals surface area (Å²) in [5.41, 5.74) is 0.168. The topological polar surface area (TPSA) is 72.1 Å². The average molecular weight is 445 g/mol. The Bertz CT molecular complexity index is 1050. The standard InChI is InChI=1S/C18H13Cl2F3N4O2/c19-9-3-4-11(20)12(6-9)26-17(28)10-8-24-27-15(18(21,22)23)7-13(25-16(10)27)14-2-1-5-29-14/h1-6,8,13,15,25H,7H2,(H,26,28). The van der Waals surface area contributed by atoms with Crippen molar-refractivity contribution in [2.75, 3.05) is 10.6 Å². The molecule has 1 aromatic carbocycles. The summed E-state index contributed by atoms with van der Waals surface area (Å²) in [6, 6.07) is 4.95. The van der Waals surface area contributed by atoms with Crippen molar-refractivity contribution in [3.05, 3.63) is 64.2 Å². The summed E-state index contributed by atoms with van der Waals surface area (Å²) < 4.78 is 46.9. The molecule has 3 aromatic rings. The molecular formula is C18H13Cl2F3N4O2. The summed E-state index contributed by atoms with van der Waals surface area (Å²) in [6.45, 7) is 0. The molecule has 0 fully saturated rings. The van der Waals surface area contributed by atoms with Crippen LogP contribution in [-0.4, -0.2) is 21.9 Å². The van der Waals surface area contributed by atoms with E-state index in [4.69, 9.17) is 27.6 Å². The molecule has 0 bridgehead atoms. The third-order valence-corrected chi connectivity index (χ3v) is 5.11. The van der Waals surface area contributed by atoms with Crippen molar-refractivity contribution in [2.24, 2.45) is 0 Å². The number of halogens is 5. The van der Waals surface area contributed by atoms with Gasteiger partial charge in [-0.1, -0.05) is 23.2 Å². The van der Waals surface area contributed by atoms with Crippen molar-refractivity contribution in [2.45, 2.75) is 24.7 Å². The van der Waals surface area contributed by atoms with Gasteiger partial charge in [0.05, 0.1) is 29.2 Å². The monoisotopic (exact) mass is 444 g/mol. The molecule has 1 amide bonds. The Balaban J connectivity index is 1.70. The first kappa shape index (κ1) is 19.7. The Morgan fingerprint density at radius 2 is 2.10 bits per heavy atom. The SMILES string of the molecule is O=C(Nc1cc(Cl)ccc1Cl)c1cnn2c1NC(c1ccco1)CC2C(F)(F)F. The lowest BCUT2D eigenvalue weighted by Gasteiger charge is -2.32. The van der Waals surface area contributed by atoms with Crippen LogP contribution >= 0.6 is 23.2 Å². The molecule has 152 valence electrons. The smallest absolute Gasteiger partial charge is 0.410 e. The maximum atomic E-state index is 13.6. The second kappa shape index (κ2) is 7.31. The number of amides is 1. The van der Waals surface area contributed by atoms with Gasteiger partial charge in [0.15, 0.2) is 6.04 Å². The summed E-state index contributed by atoms with van der Waals surface area (Å²) in [4.78, 5) is 12.7. The van der Waals surface area contributed by atoms with E-state index in [9.17, 15) is 18.0 Å². The largest absolute Gasteiger partial charge is 0.467 e. The molecule has 1 aliphatic heterocycles. The van der Waals surface area contributed by atoms with Gasteiger partial charge in [-0.3, -0.25) is 4.79 Å². The van der Waals surface area contributed by atoms with Crippen LogP contribution in [0.2, 0.25) is 10.0 Å². The maximum Gasteiger partial charge on any atom is 0.410 e. The van der Waals surface area contributed by atoms with Gasteiger partial charge in [-0.25, -0.2) is 4.68 Å². The summed E-state index contributed by atoms with van der Waals surface area (Å²) in [6.07, 6.45) is -2.43. The molecule has 4 rings (SSSR count). The van der Waals surface area contributed by atoms with E-state index in [1.807, 2.05) is 0 Å². The van der Waals surface area contributed by atoms with E-state index in [1.54, 1.807) is 18.2 Å². The predicted octanol–water partition coefficient (Wildman–Crippen LogP) is 5.70. The molecule has 2 atom stereocenters. The Morgan fingerprint density at radius 1 is 1.31 bits per heavy atom. The van der Waals surface area contributed by atoms with E-state index >= 15 is 0 Å². The minimum Gasteiger partial charge on any atom is -0.467 e. The first-order valence-corrected chi connectivity index (χ1v) is 9.20. The summed E-state index contributed by atoms with van der Waals surface area (Å²) in [5.74, 6) is -0.407. The molecule has 0 saturated heterocycles. The van der Waals surface area contributed by atoms with Crippen LogP contribution in [0.25, 0.3) is 0 Å². The van der Waals surface area contributed by atoms with Crippen LogP contribution < -0.4 is 10.6 Å². The van der Waals surface area contributed by atoms with Crippen LogP contribution in [-0.2, 0) is 0 Å². The second-order valence-electron chi connectivity index (χ2n) is 6.44. The molecule has 6 nitrogen and oxygen atoms in total. The van der Waals surface area contributed by atoms with Gasteiger partial charge < -0.3 is 15.1 Å². The molecule has 0 aliphatic carbocycles. The zero-order chi connectivity index (χ0) is 20.8. The lowest BCUT2D eigenvalue weighted by Crippen LogP contribution is -2.36. The average Bonchev–Trinajstić information content (AvgIpc) is 3.32. The van der Waals surface area contributed by atoms with Gasteiger partial charge >= 0.3 is 6.18 Å². The van der Waals surface area contributed by atoms with E-state index in [2.05, 4.69) is 15.7 Å². The number of alkyl halides is 3. The van der Waals surface area contributed by atoms with Crippen molar-refractivity contribution >= 4 is 40.6 Å². The molecule has 3 heterocycles. The number of benzene rings is 1. The highest BCUT2D eigenvalue weighted by Gasteiger charge is 2.47. The van der Waals surface area contributed by atoms with Gasteiger partial charge in [-0.05, 0) is 30.3 Å². The third-order valence-electron chi connectivity index (χ3n) is 4.55. The van der Waals surface area contributed by atoms with Crippen LogP contribution in [0, 0.1) is 0 Å². The van der Waals surface area contributed by atoms with E-state index < -0.39 is 24.2 Å². The lowest BCUT2D eigenvalue weighted by molar-refractivity contribution is -0.174. The molecule has 29 heavy (non-hydrogen) atoms. The minimum absolute atomic E-state index is 0.0596. The highest BCUT2D eigenvalue weighted by molar-refractivity contribution is 6.36. The Kier molecular flexibility index (Phi) is 4.95. The quantitative estimate of drug-likeness (QED) is 0.543. The third kappa shape index (κ3) is 3.79. The fourth-order valence-corrected chi connectivity index (χ4v) is 3.52. The van der Waals surface area contributed by atoms with Gasteiger partial charge in [0, 0.05) is 11.4 Å². The number of hydrogen-bond donors (Lipinski definition) is 2. The Hall–Kier alpha value is -2.65. The van der Waals surface area contributed by atoms with Crippen molar-refractivity contribution in [1.82, 2.24) is 9.78 Å². The van der Waals surface area contributed by atoms with Crippen LogP contribution in [0.1, 0.15) is 34.6 Å². The summed E-state index contributed by atoms with van der Waals surface area (Å²) in [7, 11) is 0. The number of hydrogen-bond acceptors (Lipinski definition) is 4. The fourth-order valence-electron chi connectivity index (χ4n) is 3.19. The predicted molar refractivity (Wildman–Crippen MR) is 101 cm³/mol. The Morgan fingerprint density at radius 3 is 2.79 bits per heavy atom. The molecule has 2 N–H and O–H groups in total. The van der Waals surface area contributed by atoms with Crippen molar-refractivity contribution in [3.8, 4) is 0 Å². The van der Waals surface area contributed by atoms with Crippen molar-refractivity contribution in [1.29, 1.82) is 0 Å². The zero-order valence-electron chi connectivity index (χ0n) is 14.5. The number of aromatic nitrogens is 2. The molecule has 1 aliphatic rings. The van der Waals surface area contributed by atoms with Gasteiger partial charge in [0.25, 0.3) is 5.91 Å². The number of carbonyl (C=O) groups excluding carboxylic acids is 1. The summed E-state index contributed by atoms with van der Waals surface area (Å²) >= 11 is 12.0. The van der Waals surface area contributed by atoms with E-state index in [0.717, 1.165) is 10.9 Å². The van der Waals surface area contributed by atoms with Crippen LogP contribution in [0.3, 0.4) is 0 Å². The number of carbonyl (C=O) groups is 1. The number of fused-ring (bicyclic) bond motifs is 1. The van der Waals surface area contributed by atoms with Crippen LogP contribution in [0.4, 0.5) is 24.7 Å². The highest BCUT2D eigenvalue weighted by atomic mass is 35.5. The van der Waals surface area contributed by atoms with Crippen LogP contribution in [0.5, 0.6) is 0 Å². The molecular weight excluding hydrogens is 432 g/mol. The van der Waals surface area contributed by atoms with Crippen molar-refractivity contribution < 1.29 is 22.4 Å². The molecule has 0 spiro atoms. The molecule has 2 aromatic heterocycles. The minimum atomic E-state index is -4.56. The number of nitrogens with zero attached hydrogens (tertiary/aromatic N) is 2. The molecule has 11 heteroatoms. The lowest BCUT2D eigenvalue weighted by atomic mass is 10.0. The number of nitrogens with one attached hydrogen (secondary N) is 2. The number of furan rings is 1. The molecule has 0 radical (unpaired) electrons. The number of anilines is 2. The zero-order valence-corrected chi connectivity index (χ0v) is 16.0. The first-order valence-electron chi connectivity index (χ1n) is 8.44. The number of rotatable bonds is 3. The van der Waals surface area contributed by atoms with Crippen LogP contribution in [0.15, 0.2) is 47.2 Å². The maximum absolute atomic E-state index is 13.6. The van der Waals surface area contributed by atoms with Gasteiger partial charge in [-0.2, -0.15) is 18.3 Å². The fraction of sp³-hybridized carbons (Fsp3) is 0.222. The molecule has 0 saturated carbocycles. The normalized spacial score (nSPS) is 18.8. The van der Waals surface area contributed by atoms with E-state index in [1.165, 1.54) is 18.4 Å². The van der Waals surface area contributed by atoms with E-state index in [-0.39, 0.29) is 28.5 Å².